The van der Waals surface area contributed by atoms with E-state index in [2.05, 4.69) is 10.3 Å². The SMILES string of the molecule is NC(=O)c1cnc(NC(=O)C2CCN(S(=O)(=O)c3ccccc3C(F)(F)F)CC2)s1. The van der Waals surface area contributed by atoms with Gasteiger partial charge in [-0.2, -0.15) is 17.5 Å². The molecule has 1 aliphatic heterocycles. The van der Waals surface area contributed by atoms with Crippen molar-refractivity contribution >= 4 is 38.3 Å². The number of hydrogen-bond acceptors (Lipinski definition) is 6. The van der Waals surface area contributed by atoms with Gasteiger partial charge in [-0.25, -0.2) is 13.4 Å². The normalized spacial score (nSPS) is 16.4. The molecule has 3 N–H and O–H groups in total. The van der Waals surface area contributed by atoms with E-state index in [-0.39, 0.29) is 35.9 Å². The fourth-order valence-corrected chi connectivity index (χ4v) is 5.43. The molecule has 1 aliphatic rings. The van der Waals surface area contributed by atoms with E-state index in [4.69, 9.17) is 5.73 Å². The van der Waals surface area contributed by atoms with E-state index in [1.165, 1.54) is 12.3 Å². The first-order valence-electron chi connectivity index (χ1n) is 8.73. The van der Waals surface area contributed by atoms with Crippen molar-refractivity contribution < 1.29 is 31.2 Å². The summed E-state index contributed by atoms with van der Waals surface area (Å²) >= 11 is 0.909. The summed E-state index contributed by atoms with van der Waals surface area (Å²) < 4.78 is 66.1. The third-order valence-corrected chi connectivity index (χ3v) is 7.50. The largest absolute Gasteiger partial charge is 0.417 e. The van der Waals surface area contributed by atoms with Crippen LogP contribution >= 0.6 is 11.3 Å². The fourth-order valence-electron chi connectivity index (χ4n) is 3.08. The minimum Gasteiger partial charge on any atom is -0.365 e. The van der Waals surface area contributed by atoms with Crippen LogP contribution in [0.3, 0.4) is 0 Å². The number of nitrogens with one attached hydrogen (secondary N) is 1. The van der Waals surface area contributed by atoms with E-state index < -0.39 is 44.4 Å². The van der Waals surface area contributed by atoms with Gasteiger partial charge in [0.25, 0.3) is 5.91 Å². The number of thiazole rings is 1. The minimum absolute atomic E-state index is 0.100. The van der Waals surface area contributed by atoms with Crippen LogP contribution in [-0.2, 0) is 21.0 Å². The number of carbonyl (C=O) groups excluding carboxylic acids is 2. The summed E-state index contributed by atoms with van der Waals surface area (Å²) in [6.07, 6.45) is -3.31. The Bertz CT molecular complexity index is 1060. The van der Waals surface area contributed by atoms with Gasteiger partial charge < -0.3 is 11.1 Å². The number of sulfonamides is 1. The van der Waals surface area contributed by atoms with E-state index in [0.717, 1.165) is 33.8 Å². The Morgan fingerprint density at radius 1 is 1.20 bits per heavy atom. The molecule has 0 bridgehead atoms. The van der Waals surface area contributed by atoms with Crippen molar-refractivity contribution in [1.82, 2.24) is 9.29 Å². The van der Waals surface area contributed by atoms with Crippen LogP contribution in [0.1, 0.15) is 28.1 Å². The van der Waals surface area contributed by atoms with Crippen LogP contribution in [0.2, 0.25) is 0 Å². The summed E-state index contributed by atoms with van der Waals surface area (Å²) in [6.45, 7) is -0.200. The summed E-state index contributed by atoms with van der Waals surface area (Å²) in [5.41, 5.74) is 3.90. The summed E-state index contributed by atoms with van der Waals surface area (Å²) in [4.78, 5) is 26.7. The summed E-state index contributed by atoms with van der Waals surface area (Å²) in [5.74, 6) is -1.63. The van der Waals surface area contributed by atoms with Gasteiger partial charge in [-0.15, -0.1) is 0 Å². The molecule has 3 rings (SSSR count). The van der Waals surface area contributed by atoms with Crippen LogP contribution in [0.4, 0.5) is 18.3 Å². The van der Waals surface area contributed by atoms with Gasteiger partial charge in [0.15, 0.2) is 5.13 Å². The quantitative estimate of drug-likeness (QED) is 0.706. The molecule has 30 heavy (non-hydrogen) atoms. The number of nitrogens with two attached hydrogens (primary N) is 1. The van der Waals surface area contributed by atoms with Crippen LogP contribution in [0.5, 0.6) is 0 Å². The second-order valence-electron chi connectivity index (χ2n) is 6.56. The molecule has 1 fully saturated rings. The van der Waals surface area contributed by atoms with Crippen LogP contribution in [-0.4, -0.2) is 42.6 Å². The molecule has 0 unspecified atom stereocenters. The number of anilines is 1. The lowest BCUT2D eigenvalue weighted by atomic mass is 9.97. The lowest BCUT2D eigenvalue weighted by molar-refractivity contribution is -0.139. The van der Waals surface area contributed by atoms with E-state index in [1.807, 2.05) is 0 Å². The van der Waals surface area contributed by atoms with E-state index in [0.29, 0.717) is 0 Å². The molecule has 0 spiro atoms. The lowest BCUT2D eigenvalue weighted by Crippen LogP contribution is -2.41. The van der Waals surface area contributed by atoms with Gasteiger partial charge in [0.1, 0.15) is 4.88 Å². The molecule has 1 aromatic carbocycles. The molecule has 0 atom stereocenters. The zero-order chi connectivity index (χ0) is 22.1. The van der Waals surface area contributed by atoms with Crippen molar-refractivity contribution in [2.75, 3.05) is 18.4 Å². The number of piperidine rings is 1. The van der Waals surface area contributed by atoms with Gasteiger partial charge in [0.05, 0.1) is 16.7 Å². The fraction of sp³-hybridized carbons (Fsp3) is 0.353. The minimum atomic E-state index is -4.81. The first-order chi connectivity index (χ1) is 14.0. The molecule has 1 aromatic heterocycles. The Labute approximate surface area is 173 Å². The highest BCUT2D eigenvalue weighted by Crippen LogP contribution is 2.36. The molecule has 0 aliphatic carbocycles. The predicted molar refractivity (Wildman–Crippen MR) is 102 cm³/mol. The zero-order valence-corrected chi connectivity index (χ0v) is 17.0. The van der Waals surface area contributed by atoms with Crippen LogP contribution in [0, 0.1) is 5.92 Å². The van der Waals surface area contributed by atoms with Gasteiger partial charge in [-0.1, -0.05) is 23.5 Å². The Morgan fingerprint density at radius 2 is 1.83 bits per heavy atom. The van der Waals surface area contributed by atoms with E-state index in [9.17, 15) is 31.2 Å². The van der Waals surface area contributed by atoms with Crippen molar-refractivity contribution in [3.8, 4) is 0 Å². The predicted octanol–water partition coefficient (Wildman–Crippen LogP) is 2.30. The third-order valence-electron chi connectivity index (χ3n) is 4.61. The maximum Gasteiger partial charge on any atom is 0.417 e. The highest BCUT2D eigenvalue weighted by Gasteiger charge is 2.40. The second kappa shape index (κ2) is 8.32. The molecule has 0 radical (unpaired) electrons. The molecular weight excluding hydrogens is 445 g/mol. The number of carbonyl (C=O) groups is 2. The van der Waals surface area contributed by atoms with Gasteiger partial charge in [-0.3, -0.25) is 9.59 Å². The van der Waals surface area contributed by atoms with Crippen LogP contribution in [0.15, 0.2) is 35.4 Å². The Morgan fingerprint density at radius 3 is 2.40 bits per heavy atom. The molecular formula is C17H17F3N4O4S2. The Hall–Kier alpha value is -2.51. The van der Waals surface area contributed by atoms with Gasteiger partial charge >= 0.3 is 6.18 Å². The molecule has 2 amide bonds. The number of primary amides is 1. The van der Waals surface area contributed by atoms with E-state index >= 15 is 0 Å². The van der Waals surface area contributed by atoms with E-state index in [1.54, 1.807) is 0 Å². The number of rotatable bonds is 5. The number of hydrogen-bond donors (Lipinski definition) is 2. The van der Waals surface area contributed by atoms with Crippen LogP contribution < -0.4 is 11.1 Å². The Balaban J connectivity index is 1.67. The van der Waals surface area contributed by atoms with Gasteiger partial charge in [0.2, 0.25) is 15.9 Å². The molecule has 8 nitrogen and oxygen atoms in total. The maximum absolute atomic E-state index is 13.2. The maximum atomic E-state index is 13.2. The van der Waals surface area contributed by atoms with Gasteiger partial charge in [-0.05, 0) is 25.0 Å². The van der Waals surface area contributed by atoms with Crippen molar-refractivity contribution in [3.63, 3.8) is 0 Å². The number of amides is 2. The number of nitrogens with zero attached hydrogens (tertiary/aromatic N) is 2. The van der Waals surface area contributed by atoms with Crippen molar-refractivity contribution in [2.24, 2.45) is 11.7 Å². The molecule has 0 saturated carbocycles. The van der Waals surface area contributed by atoms with Crippen molar-refractivity contribution in [1.29, 1.82) is 0 Å². The molecule has 2 aromatic rings. The third kappa shape index (κ3) is 4.63. The number of halogens is 3. The summed E-state index contributed by atoms with van der Waals surface area (Å²) in [5, 5.41) is 2.73. The second-order valence-corrected chi connectivity index (χ2v) is 9.49. The van der Waals surface area contributed by atoms with Crippen LogP contribution in [0.25, 0.3) is 0 Å². The standard InChI is InChI=1S/C17H17F3N4O4S2/c18-17(19,20)11-3-1-2-4-13(11)30(27,28)24-7-5-10(6-8-24)15(26)23-16-22-9-12(29-16)14(21)25/h1-4,9-10H,5-8H2,(H2,21,25)(H,22,23,26). The van der Waals surface area contributed by atoms with Crippen molar-refractivity contribution in [3.05, 3.63) is 40.9 Å². The monoisotopic (exact) mass is 462 g/mol. The highest BCUT2D eigenvalue weighted by molar-refractivity contribution is 7.89. The number of alkyl halides is 3. The summed E-state index contributed by atoms with van der Waals surface area (Å²) in [6, 6.07) is 4.01. The number of benzene rings is 1. The lowest BCUT2D eigenvalue weighted by Gasteiger charge is -2.31. The molecule has 1 saturated heterocycles. The Kier molecular flexibility index (Phi) is 6.15. The van der Waals surface area contributed by atoms with Crippen molar-refractivity contribution in [2.45, 2.75) is 23.9 Å². The first kappa shape index (κ1) is 22.2. The first-order valence-corrected chi connectivity index (χ1v) is 11.0. The average Bonchev–Trinajstić information content (AvgIpc) is 3.16. The summed E-state index contributed by atoms with van der Waals surface area (Å²) in [7, 11) is -4.37. The molecule has 162 valence electrons. The highest BCUT2D eigenvalue weighted by atomic mass is 32.2. The molecule has 13 heteroatoms. The number of aromatic nitrogens is 1. The van der Waals surface area contributed by atoms with Gasteiger partial charge in [0, 0.05) is 19.0 Å². The topological polar surface area (TPSA) is 122 Å². The zero-order valence-electron chi connectivity index (χ0n) is 15.3. The smallest absolute Gasteiger partial charge is 0.365 e. The average molecular weight is 462 g/mol. The molecule has 2 heterocycles.